The molecule has 0 fully saturated rings. The van der Waals surface area contributed by atoms with Gasteiger partial charge < -0.3 is 9.47 Å². The van der Waals surface area contributed by atoms with Crippen molar-refractivity contribution in [1.82, 2.24) is 20.2 Å². The van der Waals surface area contributed by atoms with Crippen molar-refractivity contribution in [2.75, 3.05) is 6.61 Å². The van der Waals surface area contributed by atoms with E-state index in [9.17, 15) is 8.78 Å². The molecule has 0 radical (unpaired) electrons. The first-order valence-electron chi connectivity index (χ1n) is 8.30. The topological polar surface area (TPSA) is 62.1 Å². The zero-order chi connectivity index (χ0) is 19.2. The third kappa shape index (κ3) is 4.73. The van der Waals surface area contributed by atoms with Gasteiger partial charge in [-0.25, -0.2) is 0 Å². The lowest BCUT2D eigenvalue weighted by molar-refractivity contribution is -0.0498. The summed E-state index contributed by atoms with van der Waals surface area (Å²) in [6.07, 6.45) is 0. The second-order valence-electron chi connectivity index (χ2n) is 5.48. The summed E-state index contributed by atoms with van der Waals surface area (Å²) in [5, 5.41) is 12.5. The number of halogens is 2. The zero-order valence-electron chi connectivity index (χ0n) is 14.8. The summed E-state index contributed by atoms with van der Waals surface area (Å²) in [5.74, 6) is 0.816. The largest absolute Gasteiger partial charge is 0.492 e. The van der Waals surface area contributed by atoms with Crippen LogP contribution in [-0.2, 0) is 0 Å². The van der Waals surface area contributed by atoms with Gasteiger partial charge in [-0.05, 0) is 54.1 Å². The predicted molar refractivity (Wildman–Crippen MR) is 97.7 cm³/mol. The van der Waals surface area contributed by atoms with Crippen LogP contribution >= 0.6 is 11.8 Å². The van der Waals surface area contributed by atoms with E-state index in [1.807, 2.05) is 38.1 Å². The van der Waals surface area contributed by atoms with Crippen LogP contribution in [0.4, 0.5) is 8.78 Å². The van der Waals surface area contributed by atoms with E-state index in [1.54, 1.807) is 16.8 Å². The van der Waals surface area contributed by atoms with Crippen LogP contribution in [0, 0.1) is 0 Å². The van der Waals surface area contributed by atoms with E-state index in [2.05, 4.69) is 20.3 Å². The summed E-state index contributed by atoms with van der Waals surface area (Å²) in [7, 11) is 0. The van der Waals surface area contributed by atoms with Crippen molar-refractivity contribution in [3.05, 3.63) is 54.1 Å². The highest BCUT2D eigenvalue weighted by Crippen LogP contribution is 2.36. The number of hydrogen-bond acceptors (Lipinski definition) is 6. The maximum absolute atomic E-state index is 12.3. The Morgan fingerprint density at radius 1 is 1.11 bits per heavy atom. The molecule has 9 heteroatoms. The summed E-state index contributed by atoms with van der Waals surface area (Å²) in [6.45, 7) is 1.60. The van der Waals surface area contributed by atoms with E-state index in [4.69, 9.17) is 4.74 Å². The molecule has 1 heterocycles. The molecular weight excluding hydrogens is 374 g/mol. The molecule has 142 valence electrons. The zero-order valence-corrected chi connectivity index (χ0v) is 15.6. The normalized spacial score (nSPS) is 12.2. The standard InChI is InChI=1S/C18H18F2N4O2S/c1-3-25-16-7-5-4-6-15(16)24-18(21-22-23-24)27-12(2)13-8-10-14(11-9-13)26-17(19)20/h4-12,17H,3H2,1-2H3. The fourth-order valence-electron chi connectivity index (χ4n) is 2.46. The predicted octanol–water partition coefficient (Wildman–Crippen LogP) is 4.52. The molecule has 3 rings (SSSR count). The number of para-hydroxylation sites is 2. The Morgan fingerprint density at radius 2 is 1.85 bits per heavy atom. The average molecular weight is 392 g/mol. The van der Waals surface area contributed by atoms with Gasteiger partial charge in [-0.3, -0.25) is 0 Å². The number of alkyl halides is 2. The van der Waals surface area contributed by atoms with Crippen LogP contribution in [0.5, 0.6) is 11.5 Å². The lowest BCUT2D eigenvalue weighted by Crippen LogP contribution is -2.04. The Hall–Kier alpha value is -2.68. The molecule has 0 saturated carbocycles. The fourth-order valence-corrected chi connectivity index (χ4v) is 3.39. The number of rotatable bonds is 8. The first-order valence-corrected chi connectivity index (χ1v) is 9.18. The monoisotopic (exact) mass is 392 g/mol. The van der Waals surface area contributed by atoms with Gasteiger partial charge in [-0.15, -0.1) is 5.10 Å². The second kappa shape index (κ2) is 8.81. The van der Waals surface area contributed by atoms with Crippen molar-refractivity contribution in [3.63, 3.8) is 0 Å². The summed E-state index contributed by atoms with van der Waals surface area (Å²) >= 11 is 1.45. The third-order valence-electron chi connectivity index (χ3n) is 3.69. The highest BCUT2D eigenvalue weighted by atomic mass is 32.2. The molecule has 0 aliphatic heterocycles. The van der Waals surface area contributed by atoms with Crippen molar-refractivity contribution in [3.8, 4) is 17.2 Å². The Balaban J connectivity index is 1.78. The fraction of sp³-hybridized carbons (Fsp3) is 0.278. The molecule has 0 spiro atoms. The van der Waals surface area contributed by atoms with Crippen molar-refractivity contribution in [2.24, 2.45) is 0 Å². The minimum absolute atomic E-state index is 0.00499. The van der Waals surface area contributed by atoms with E-state index < -0.39 is 6.61 Å². The first-order chi connectivity index (χ1) is 13.1. The first kappa shape index (κ1) is 19.1. The van der Waals surface area contributed by atoms with Crippen LogP contribution in [-0.4, -0.2) is 33.4 Å². The van der Waals surface area contributed by atoms with E-state index in [0.29, 0.717) is 17.5 Å². The van der Waals surface area contributed by atoms with Crippen LogP contribution in [0.3, 0.4) is 0 Å². The summed E-state index contributed by atoms with van der Waals surface area (Å²) in [6, 6.07) is 14.1. The Morgan fingerprint density at radius 3 is 2.56 bits per heavy atom. The lowest BCUT2D eigenvalue weighted by Gasteiger charge is -2.14. The van der Waals surface area contributed by atoms with E-state index in [1.165, 1.54) is 23.9 Å². The molecule has 0 aliphatic rings. The molecule has 2 aromatic carbocycles. The van der Waals surface area contributed by atoms with Gasteiger partial charge in [-0.2, -0.15) is 13.5 Å². The molecule has 6 nitrogen and oxygen atoms in total. The molecule has 1 unspecified atom stereocenters. The van der Waals surface area contributed by atoms with Crippen LogP contribution in [0.2, 0.25) is 0 Å². The number of hydrogen-bond donors (Lipinski definition) is 0. The lowest BCUT2D eigenvalue weighted by atomic mass is 10.2. The molecule has 0 aliphatic carbocycles. The van der Waals surface area contributed by atoms with Crippen LogP contribution < -0.4 is 9.47 Å². The minimum Gasteiger partial charge on any atom is -0.492 e. The molecule has 3 aromatic rings. The second-order valence-corrected chi connectivity index (χ2v) is 6.79. The van der Waals surface area contributed by atoms with E-state index in [0.717, 1.165) is 11.3 Å². The van der Waals surface area contributed by atoms with Gasteiger partial charge in [0, 0.05) is 5.25 Å². The van der Waals surface area contributed by atoms with Gasteiger partial charge in [-0.1, -0.05) is 36.0 Å². The number of nitrogens with zero attached hydrogens (tertiary/aromatic N) is 4. The molecule has 1 atom stereocenters. The molecular formula is C18H18F2N4O2S. The molecule has 1 aromatic heterocycles. The van der Waals surface area contributed by atoms with Crippen LogP contribution in [0.25, 0.3) is 5.69 Å². The smallest absolute Gasteiger partial charge is 0.387 e. The summed E-state index contributed by atoms with van der Waals surface area (Å²) in [5.41, 5.74) is 1.69. The van der Waals surface area contributed by atoms with Crippen molar-refractivity contribution in [2.45, 2.75) is 30.9 Å². The molecule has 0 amide bonds. The van der Waals surface area contributed by atoms with Gasteiger partial charge in [0.1, 0.15) is 17.2 Å². The Bertz CT molecular complexity index is 874. The van der Waals surface area contributed by atoms with Crippen molar-refractivity contribution in [1.29, 1.82) is 0 Å². The Kier molecular flexibility index (Phi) is 6.23. The number of thioether (sulfide) groups is 1. The minimum atomic E-state index is -2.84. The van der Waals surface area contributed by atoms with Crippen LogP contribution in [0.15, 0.2) is 53.7 Å². The van der Waals surface area contributed by atoms with Gasteiger partial charge in [0.25, 0.3) is 0 Å². The quantitative estimate of drug-likeness (QED) is 0.526. The average Bonchev–Trinajstić information content (AvgIpc) is 3.10. The maximum atomic E-state index is 12.3. The molecule has 0 N–H and O–H groups in total. The van der Waals surface area contributed by atoms with Crippen molar-refractivity contribution < 1.29 is 18.3 Å². The van der Waals surface area contributed by atoms with Crippen LogP contribution in [0.1, 0.15) is 24.7 Å². The number of ether oxygens (including phenoxy) is 2. The van der Waals surface area contributed by atoms with Crippen molar-refractivity contribution >= 4 is 11.8 Å². The number of aromatic nitrogens is 4. The van der Waals surface area contributed by atoms with Gasteiger partial charge in [0.05, 0.1) is 6.61 Å². The van der Waals surface area contributed by atoms with Gasteiger partial charge >= 0.3 is 6.61 Å². The third-order valence-corrected chi connectivity index (χ3v) is 4.78. The van der Waals surface area contributed by atoms with E-state index >= 15 is 0 Å². The molecule has 0 saturated heterocycles. The Labute approximate surface area is 159 Å². The maximum Gasteiger partial charge on any atom is 0.387 e. The number of benzene rings is 2. The summed E-state index contributed by atoms with van der Waals surface area (Å²) in [4.78, 5) is 0. The SMILES string of the molecule is CCOc1ccccc1-n1nnnc1SC(C)c1ccc(OC(F)F)cc1. The molecule has 0 bridgehead atoms. The summed E-state index contributed by atoms with van der Waals surface area (Å²) < 4.78 is 36.2. The highest BCUT2D eigenvalue weighted by molar-refractivity contribution is 7.99. The number of tetrazole rings is 1. The van der Waals surface area contributed by atoms with Gasteiger partial charge in [0.15, 0.2) is 0 Å². The molecule has 27 heavy (non-hydrogen) atoms. The van der Waals surface area contributed by atoms with Gasteiger partial charge in [0.2, 0.25) is 5.16 Å². The highest BCUT2D eigenvalue weighted by Gasteiger charge is 2.17. The van der Waals surface area contributed by atoms with E-state index in [-0.39, 0.29) is 11.0 Å².